The summed E-state index contributed by atoms with van der Waals surface area (Å²) in [6.45, 7) is 8.59. The van der Waals surface area contributed by atoms with Crippen molar-refractivity contribution >= 4 is 37.6 Å². The zero-order valence-corrected chi connectivity index (χ0v) is 26.6. The van der Waals surface area contributed by atoms with Gasteiger partial charge in [0.15, 0.2) is 0 Å². The molecule has 18 heteroatoms. The van der Waals surface area contributed by atoms with Gasteiger partial charge in [-0.05, 0) is 40.7 Å². The quantitative estimate of drug-likeness (QED) is 0.121. The molecule has 1 amide bonds. The molecule has 248 valence electrons. The van der Waals surface area contributed by atoms with E-state index in [9.17, 15) is 30.8 Å². The third-order valence-corrected chi connectivity index (χ3v) is 8.89. The van der Waals surface area contributed by atoms with E-state index in [1.807, 2.05) is 0 Å². The maximum Gasteiger partial charge on any atom is 0.534 e. The first kappa shape index (κ1) is 33.3. The fourth-order valence-corrected chi connectivity index (χ4v) is 6.39. The number of hydrogen-bond acceptors (Lipinski definition) is 9. The molecular weight excluding hydrogens is 666 g/mol. The van der Waals surface area contributed by atoms with Gasteiger partial charge in [-0.3, -0.25) is 9.58 Å². The lowest BCUT2D eigenvalue weighted by molar-refractivity contribution is -0.0500. The smallest absolute Gasteiger partial charge is 0.496 e. The Morgan fingerprint density at radius 3 is 2.33 bits per heavy atom. The largest absolute Gasteiger partial charge is 0.534 e. The van der Waals surface area contributed by atoms with E-state index in [1.165, 1.54) is 15.6 Å². The van der Waals surface area contributed by atoms with Crippen molar-refractivity contribution in [3.63, 3.8) is 0 Å². The summed E-state index contributed by atoms with van der Waals surface area (Å²) in [6.07, 6.45) is -0.632. The molecule has 0 spiro atoms. The van der Waals surface area contributed by atoms with E-state index in [-0.39, 0.29) is 12.2 Å². The average molecular weight is 693 g/mol. The van der Waals surface area contributed by atoms with Crippen LogP contribution in [0.2, 0.25) is 0 Å². The van der Waals surface area contributed by atoms with Crippen molar-refractivity contribution < 1.29 is 53.2 Å². The number of pyridine rings is 1. The third kappa shape index (κ3) is 5.83. The Labute approximate surface area is 262 Å². The molecule has 0 saturated carbocycles. The number of alkyl halides is 3. The Morgan fingerprint density at radius 2 is 1.72 bits per heavy atom. The van der Waals surface area contributed by atoms with Gasteiger partial charge in [-0.2, -0.15) is 26.7 Å². The lowest BCUT2D eigenvalue weighted by Gasteiger charge is -2.38. The van der Waals surface area contributed by atoms with E-state index in [0.29, 0.717) is 23.1 Å². The number of rotatable bonds is 5. The summed E-state index contributed by atoms with van der Waals surface area (Å²) in [4.78, 5) is 18.5. The summed E-state index contributed by atoms with van der Waals surface area (Å²) >= 11 is 0.448. The molecule has 0 N–H and O–H groups in total. The standard InChI is InChI=1S/C28H26F6N4O6S2/c1-12-10-37(26(39)43-27(3,4)5)13(2)18-9-17(36-38(12)18)23-22(20-15(30)7-14(29)8-19(20)42-6)21-16(31)11-45-24(21)25(35-23)44-46(40,41)28(32,33)34/h7-9,11-13H,10H2,1-6H3/t12-,13+/m0/s1. The van der Waals surface area contributed by atoms with Crippen LogP contribution in [0.4, 0.5) is 31.1 Å². The Balaban J connectivity index is 1.81. The molecule has 2 atom stereocenters. The second-order valence-electron chi connectivity index (χ2n) is 11.4. The van der Waals surface area contributed by atoms with Crippen LogP contribution >= 0.6 is 11.3 Å². The molecule has 0 unspecified atom stereocenters. The zero-order chi connectivity index (χ0) is 34.1. The van der Waals surface area contributed by atoms with Crippen molar-refractivity contribution in [3.8, 4) is 34.1 Å². The van der Waals surface area contributed by atoms with E-state index >= 15 is 8.78 Å². The van der Waals surface area contributed by atoms with Crippen LogP contribution in [0.3, 0.4) is 0 Å². The highest BCUT2D eigenvalue weighted by Gasteiger charge is 2.49. The van der Waals surface area contributed by atoms with Crippen LogP contribution in [0.5, 0.6) is 11.6 Å². The number of hydrogen-bond donors (Lipinski definition) is 0. The molecule has 0 aliphatic carbocycles. The molecule has 5 rings (SSSR count). The monoisotopic (exact) mass is 692 g/mol. The first-order valence-corrected chi connectivity index (χ1v) is 15.8. The molecule has 0 fully saturated rings. The SMILES string of the molecule is COc1cc(F)cc(F)c1-c1c(-c2cc3n(n2)[C@@H](C)CN(C(=O)OC(C)(C)C)[C@@H]3C)nc(OS(=O)(=O)C(F)(F)F)c2scc(F)c12. The van der Waals surface area contributed by atoms with Crippen LogP contribution in [0.15, 0.2) is 23.6 Å². The molecule has 3 aromatic heterocycles. The molecule has 1 aliphatic heterocycles. The van der Waals surface area contributed by atoms with Crippen molar-refractivity contribution in [2.75, 3.05) is 13.7 Å². The summed E-state index contributed by atoms with van der Waals surface area (Å²) in [5.74, 6) is -4.96. The Kier molecular flexibility index (Phi) is 8.20. The van der Waals surface area contributed by atoms with Crippen molar-refractivity contribution in [2.24, 2.45) is 0 Å². The summed E-state index contributed by atoms with van der Waals surface area (Å²) in [5, 5.41) is 4.77. The summed E-state index contributed by atoms with van der Waals surface area (Å²) in [5.41, 5.74) is -7.93. The predicted molar refractivity (Wildman–Crippen MR) is 154 cm³/mol. The molecule has 4 aromatic rings. The van der Waals surface area contributed by atoms with Gasteiger partial charge in [-0.1, -0.05) is 0 Å². The van der Waals surface area contributed by atoms with Crippen molar-refractivity contribution in [1.29, 1.82) is 0 Å². The van der Waals surface area contributed by atoms with Gasteiger partial charge in [-0.15, -0.1) is 11.3 Å². The van der Waals surface area contributed by atoms with E-state index in [2.05, 4.69) is 14.3 Å². The van der Waals surface area contributed by atoms with E-state index in [4.69, 9.17) is 9.47 Å². The molecule has 1 aliphatic rings. The molecule has 0 bridgehead atoms. The number of amides is 1. The zero-order valence-electron chi connectivity index (χ0n) is 25.0. The summed E-state index contributed by atoms with van der Waals surface area (Å²) in [6, 6.07) is 1.48. The van der Waals surface area contributed by atoms with E-state index < -0.39 is 95.4 Å². The molecule has 0 saturated heterocycles. The number of benzene rings is 1. The lowest BCUT2D eigenvalue weighted by atomic mass is 9.96. The minimum absolute atomic E-state index is 0.126. The molecule has 4 heterocycles. The highest BCUT2D eigenvalue weighted by Crippen LogP contribution is 2.49. The van der Waals surface area contributed by atoms with E-state index in [0.717, 1.165) is 18.6 Å². The van der Waals surface area contributed by atoms with E-state index in [1.54, 1.807) is 34.6 Å². The Morgan fingerprint density at radius 1 is 1.04 bits per heavy atom. The highest BCUT2D eigenvalue weighted by atomic mass is 32.2. The maximum atomic E-state index is 15.6. The minimum atomic E-state index is -6.30. The van der Waals surface area contributed by atoms with Gasteiger partial charge >= 0.3 is 21.7 Å². The number of carbonyl (C=O) groups is 1. The average Bonchev–Trinajstić information content (AvgIpc) is 3.54. The minimum Gasteiger partial charge on any atom is -0.496 e. The second-order valence-corrected chi connectivity index (χ2v) is 13.9. The predicted octanol–water partition coefficient (Wildman–Crippen LogP) is 7.35. The van der Waals surface area contributed by atoms with Crippen molar-refractivity contribution in [2.45, 2.75) is 57.8 Å². The lowest BCUT2D eigenvalue weighted by Crippen LogP contribution is -2.45. The maximum absolute atomic E-state index is 15.6. The van der Waals surface area contributed by atoms with Crippen LogP contribution in [-0.4, -0.2) is 58.9 Å². The number of aromatic nitrogens is 3. The molecule has 0 radical (unpaired) electrons. The number of fused-ring (bicyclic) bond motifs is 2. The van der Waals surface area contributed by atoms with Crippen LogP contribution in [0, 0.1) is 17.5 Å². The summed E-state index contributed by atoms with van der Waals surface area (Å²) in [7, 11) is -5.21. The number of thiophene rings is 1. The number of halogens is 6. The molecule has 10 nitrogen and oxygen atoms in total. The van der Waals surface area contributed by atoms with Gasteiger partial charge in [0.05, 0.1) is 30.5 Å². The van der Waals surface area contributed by atoms with Crippen LogP contribution in [0.25, 0.3) is 32.6 Å². The van der Waals surface area contributed by atoms with Gasteiger partial charge in [0.2, 0.25) is 0 Å². The fourth-order valence-electron chi connectivity index (χ4n) is 5.07. The van der Waals surface area contributed by atoms with Crippen molar-refractivity contribution in [1.82, 2.24) is 19.7 Å². The number of ether oxygens (including phenoxy) is 2. The normalized spacial score (nSPS) is 17.3. The fraction of sp³-hybridized carbons (Fsp3) is 0.393. The van der Waals surface area contributed by atoms with Gasteiger partial charge in [0, 0.05) is 35.0 Å². The number of carbonyl (C=O) groups excluding carboxylic acids is 1. The number of nitrogens with zero attached hydrogens (tertiary/aromatic N) is 4. The van der Waals surface area contributed by atoms with Gasteiger partial charge in [0.1, 0.15) is 44.9 Å². The van der Waals surface area contributed by atoms with Gasteiger partial charge in [-0.25, -0.2) is 22.9 Å². The van der Waals surface area contributed by atoms with Crippen LogP contribution < -0.4 is 8.92 Å². The molecule has 46 heavy (non-hydrogen) atoms. The molecule has 1 aromatic carbocycles. The molecular formula is C28H26F6N4O6S2. The highest BCUT2D eigenvalue weighted by molar-refractivity contribution is 7.88. The Hall–Kier alpha value is -4.06. The Bertz CT molecular complexity index is 1970. The number of methoxy groups -OCH3 is 1. The van der Waals surface area contributed by atoms with Gasteiger partial charge < -0.3 is 13.7 Å². The topological polar surface area (TPSA) is 113 Å². The van der Waals surface area contributed by atoms with Crippen molar-refractivity contribution in [3.05, 3.63) is 46.7 Å². The first-order chi connectivity index (χ1) is 21.2. The summed E-state index contributed by atoms with van der Waals surface area (Å²) < 4.78 is 126. The van der Waals surface area contributed by atoms with Crippen LogP contribution in [-0.2, 0) is 14.9 Å². The second kappa shape index (κ2) is 11.3. The third-order valence-electron chi connectivity index (χ3n) is 7.01. The van der Waals surface area contributed by atoms with Gasteiger partial charge in [0.25, 0.3) is 5.88 Å². The van der Waals surface area contributed by atoms with Crippen LogP contribution in [0.1, 0.15) is 52.4 Å². The first-order valence-electron chi connectivity index (χ1n) is 13.5.